The Morgan fingerprint density at radius 3 is 2.72 bits per heavy atom. The van der Waals surface area contributed by atoms with E-state index in [0.29, 0.717) is 5.82 Å². The summed E-state index contributed by atoms with van der Waals surface area (Å²) in [5, 5.41) is 4.56. The molecule has 0 atom stereocenters. The van der Waals surface area contributed by atoms with Gasteiger partial charge in [-0.2, -0.15) is 0 Å². The summed E-state index contributed by atoms with van der Waals surface area (Å²) < 4.78 is 5.18. The second-order valence-corrected chi connectivity index (χ2v) is 6.50. The normalized spacial score (nSPS) is 16.4. The maximum atomic E-state index is 5.18. The minimum absolute atomic E-state index is 0.689. The Hall–Kier alpha value is -2.44. The highest BCUT2D eigenvalue weighted by Crippen LogP contribution is 2.24. The van der Waals surface area contributed by atoms with Crippen molar-refractivity contribution in [2.75, 3.05) is 51.6 Å². The SMILES string of the molecule is CN1CCN(CCNc2nc(-c3ccoc3)nc3ccccc23)CC1. The van der Waals surface area contributed by atoms with Crippen LogP contribution in [0.3, 0.4) is 0 Å². The van der Waals surface area contributed by atoms with Gasteiger partial charge in [-0.3, -0.25) is 4.90 Å². The molecule has 6 heteroatoms. The summed E-state index contributed by atoms with van der Waals surface area (Å²) in [6, 6.07) is 9.99. The second-order valence-electron chi connectivity index (χ2n) is 6.50. The zero-order chi connectivity index (χ0) is 17.1. The number of piperazine rings is 1. The number of nitrogens with zero attached hydrogens (tertiary/aromatic N) is 4. The van der Waals surface area contributed by atoms with Crippen LogP contribution in [0.15, 0.2) is 47.3 Å². The standard InChI is InChI=1S/C19H23N5O/c1-23-9-11-24(12-10-23)8-7-20-19-16-4-2-3-5-17(16)21-18(22-19)15-6-13-25-14-15/h2-6,13-14H,7-12H2,1H3,(H,20,21,22). The number of rotatable bonds is 5. The number of furan rings is 1. The van der Waals surface area contributed by atoms with Crippen molar-refractivity contribution >= 4 is 16.7 Å². The molecule has 1 aliphatic rings. The molecular formula is C19H23N5O. The number of hydrogen-bond donors (Lipinski definition) is 1. The number of anilines is 1. The van der Waals surface area contributed by atoms with E-state index < -0.39 is 0 Å². The van der Waals surface area contributed by atoms with Gasteiger partial charge in [0.25, 0.3) is 0 Å². The van der Waals surface area contributed by atoms with Crippen LogP contribution in [0.4, 0.5) is 5.82 Å². The van der Waals surface area contributed by atoms with E-state index in [4.69, 9.17) is 9.40 Å². The van der Waals surface area contributed by atoms with Crippen molar-refractivity contribution in [2.45, 2.75) is 0 Å². The average Bonchev–Trinajstić information content (AvgIpc) is 3.18. The fourth-order valence-corrected chi connectivity index (χ4v) is 3.14. The highest BCUT2D eigenvalue weighted by atomic mass is 16.3. The third kappa shape index (κ3) is 3.65. The van der Waals surface area contributed by atoms with Gasteiger partial charge in [-0.25, -0.2) is 9.97 Å². The third-order valence-corrected chi connectivity index (χ3v) is 4.70. The molecule has 0 bridgehead atoms. The minimum atomic E-state index is 0.689. The number of fused-ring (bicyclic) bond motifs is 1. The van der Waals surface area contributed by atoms with E-state index in [1.165, 1.54) is 0 Å². The van der Waals surface area contributed by atoms with E-state index in [0.717, 1.165) is 61.6 Å². The van der Waals surface area contributed by atoms with E-state index in [9.17, 15) is 0 Å². The van der Waals surface area contributed by atoms with Crippen LogP contribution in [0.1, 0.15) is 0 Å². The summed E-state index contributed by atoms with van der Waals surface area (Å²) >= 11 is 0. The van der Waals surface area contributed by atoms with Gasteiger partial charge in [0.15, 0.2) is 5.82 Å². The van der Waals surface area contributed by atoms with Crippen LogP contribution in [0.5, 0.6) is 0 Å². The first-order valence-electron chi connectivity index (χ1n) is 8.74. The van der Waals surface area contributed by atoms with E-state index in [2.05, 4.69) is 33.2 Å². The lowest BCUT2D eigenvalue weighted by molar-refractivity contribution is 0.158. The lowest BCUT2D eigenvalue weighted by Gasteiger charge is -2.32. The molecule has 4 rings (SSSR count). The second kappa shape index (κ2) is 7.21. The van der Waals surface area contributed by atoms with Crippen molar-refractivity contribution in [2.24, 2.45) is 0 Å². The Labute approximate surface area is 147 Å². The van der Waals surface area contributed by atoms with Gasteiger partial charge in [0.2, 0.25) is 0 Å². The molecule has 2 aromatic heterocycles. The van der Waals surface area contributed by atoms with Gasteiger partial charge in [-0.15, -0.1) is 0 Å². The van der Waals surface area contributed by atoms with Crippen molar-refractivity contribution in [1.82, 2.24) is 19.8 Å². The topological polar surface area (TPSA) is 57.4 Å². The summed E-state index contributed by atoms with van der Waals surface area (Å²) in [6.45, 7) is 6.43. The van der Waals surface area contributed by atoms with E-state index in [-0.39, 0.29) is 0 Å². The van der Waals surface area contributed by atoms with Crippen LogP contribution >= 0.6 is 0 Å². The van der Waals surface area contributed by atoms with Crippen LogP contribution in [-0.4, -0.2) is 66.1 Å². The van der Waals surface area contributed by atoms with Crippen LogP contribution in [0.25, 0.3) is 22.3 Å². The fraction of sp³-hybridized carbons (Fsp3) is 0.368. The van der Waals surface area contributed by atoms with Gasteiger partial charge in [0, 0.05) is 44.7 Å². The predicted molar refractivity (Wildman–Crippen MR) is 99.7 cm³/mol. The van der Waals surface area contributed by atoms with Gasteiger partial charge in [0.05, 0.1) is 17.3 Å². The Morgan fingerprint density at radius 1 is 1.08 bits per heavy atom. The summed E-state index contributed by atoms with van der Waals surface area (Å²) in [5.74, 6) is 1.57. The molecule has 0 spiro atoms. The van der Waals surface area contributed by atoms with Crippen LogP contribution in [0.2, 0.25) is 0 Å². The van der Waals surface area contributed by atoms with Gasteiger partial charge < -0.3 is 14.6 Å². The lowest BCUT2D eigenvalue weighted by atomic mass is 10.2. The first-order valence-corrected chi connectivity index (χ1v) is 8.74. The molecule has 130 valence electrons. The van der Waals surface area contributed by atoms with E-state index >= 15 is 0 Å². The van der Waals surface area contributed by atoms with Crippen LogP contribution < -0.4 is 5.32 Å². The molecule has 0 amide bonds. The summed E-state index contributed by atoms with van der Waals surface area (Å²) in [5.41, 5.74) is 1.84. The maximum Gasteiger partial charge on any atom is 0.165 e. The molecule has 3 heterocycles. The number of likely N-dealkylation sites (N-methyl/N-ethyl adjacent to an activating group) is 1. The van der Waals surface area contributed by atoms with E-state index in [1.54, 1.807) is 12.5 Å². The molecule has 0 unspecified atom stereocenters. The average molecular weight is 337 g/mol. The van der Waals surface area contributed by atoms with Crippen molar-refractivity contribution in [3.05, 3.63) is 42.9 Å². The Morgan fingerprint density at radius 2 is 1.92 bits per heavy atom. The van der Waals surface area contributed by atoms with Crippen molar-refractivity contribution in [3.8, 4) is 11.4 Å². The third-order valence-electron chi connectivity index (χ3n) is 4.70. The van der Waals surface area contributed by atoms with Gasteiger partial charge in [0.1, 0.15) is 12.1 Å². The fourth-order valence-electron chi connectivity index (χ4n) is 3.14. The molecule has 0 radical (unpaired) electrons. The van der Waals surface area contributed by atoms with Crippen molar-refractivity contribution in [3.63, 3.8) is 0 Å². The molecule has 25 heavy (non-hydrogen) atoms. The zero-order valence-electron chi connectivity index (χ0n) is 14.5. The molecule has 1 fully saturated rings. The molecule has 0 saturated carbocycles. The number of benzene rings is 1. The molecule has 1 aliphatic heterocycles. The summed E-state index contributed by atoms with van der Waals surface area (Å²) in [6.07, 6.45) is 3.33. The molecule has 6 nitrogen and oxygen atoms in total. The zero-order valence-corrected chi connectivity index (χ0v) is 14.5. The smallest absolute Gasteiger partial charge is 0.165 e. The highest BCUT2D eigenvalue weighted by Gasteiger charge is 2.14. The van der Waals surface area contributed by atoms with Gasteiger partial charge >= 0.3 is 0 Å². The molecular weight excluding hydrogens is 314 g/mol. The lowest BCUT2D eigenvalue weighted by Crippen LogP contribution is -2.45. The first-order chi connectivity index (χ1) is 12.3. The Kier molecular flexibility index (Phi) is 4.63. The van der Waals surface area contributed by atoms with Crippen LogP contribution in [-0.2, 0) is 0 Å². The highest BCUT2D eigenvalue weighted by molar-refractivity contribution is 5.90. The molecule has 1 N–H and O–H groups in total. The Bertz CT molecular complexity index is 825. The monoisotopic (exact) mass is 337 g/mol. The van der Waals surface area contributed by atoms with E-state index in [1.807, 2.05) is 24.3 Å². The quantitative estimate of drug-likeness (QED) is 0.772. The maximum absolute atomic E-state index is 5.18. The number of nitrogens with one attached hydrogen (secondary N) is 1. The molecule has 1 saturated heterocycles. The first kappa shape index (κ1) is 16.1. The van der Waals surface area contributed by atoms with Crippen molar-refractivity contribution < 1.29 is 4.42 Å². The van der Waals surface area contributed by atoms with Gasteiger partial charge in [-0.05, 0) is 25.2 Å². The van der Waals surface area contributed by atoms with Crippen LogP contribution in [0, 0.1) is 0 Å². The summed E-state index contributed by atoms with van der Waals surface area (Å²) in [7, 11) is 2.18. The number of aromatic nitrogens is 2. The largest absolute Gasteiger partial charge is 0.472 e. The summed E-state index contributed by atoms with van der Waals surface area (Å²) in [4.78, 5) is 14.3. The van der Waals surface area contributed by atoms with Gasteiger partial charge in [-0.1, -0.05) is 12.1 Å². The molecule has 0 aliphatic carbocycles. The predicted octanol–water partition coefficient (Wildman–Crippen LogP) is 2.55. The number of hydrogen-bond acceptors (Lipinski definition) is 6. The molecule has 3 aromatic rings. The minimum Gasteiger partial charge on any atom is -0.472 e. The Balaban J connectivity index is 1.51. The van der Waals surface area contributed by atoms with Crippen molar-refractivity contribution in [1.29, 1.82) is 0 Å². The molecule has 1 aromatic carbocycles. The number of para-hydroxylation sites is 1.